The normalized spacial score (nSPS) is 16.9. The van der Waals surface area contributed by atoms with Crippen LogP contribution in [0.25, 0.3) is 0 Å². The van der Waals surface area contributed by atoms with Gasteiger partial charge in [0.15, 0.2) is 11.5 Å². The summed E-state index contributed by atoms with van der Waals surface area (Å²) in [5.41, 5.74) is 1.29. The van der Waals surface area contributed by atoms with Gasteiger partial charge in [-0.3, -0.25) is 14.6 Å². The van der Waals surface area contributed by atoms with Gasteiger partial charge in [-0.05, 0) is 49.3 Å². The van der Waals surface area contributed by atoms with Gasteiger partial charge in [-0.15, -0.1) is 0 Å². The van der Waals surface area contributed by atoms with Crippen LogP contribution in [0, 0.1) is 11.8 Å². The summed E-state index contributed by atoms with van der Waals surface area (Å²) >= 11 is 0. The van der Waals surface area contributed by atoms with E-state index < -0.39 is 0 Å². The Balaban J connectivity index is 1.43. The first-order valence-corrected chi connectivity index (χ1v) is 10.1. The molecule has 0 unspecified atom stereocenters. The van der Waals surface area contributed by atoms with E-state index >= 15 is 0 Å². The van der Waals surface area contributed by atoms with Gasteiger partial charge in [0.2, 0.25) is 5.91 Å². The Morgan fingerprint density at radius 2 is 1.86 bits per heavy atom. The summed E-state index contributed by atoms with van der Waals surface area (Å²) in [6.07, 6.45) is 9.90. The van der Waals surface area contributed by atoms with Gasteiger partial charge in [0, 0.05) is 37.5 Å². The number of pyridine rings is 1. The van der Waals surface area contributed by atoms with Crippen LogP contribution in [0.2, 0.25) is 0 Å². The van der Waals surface area contributed by atoms with Crippen molar-refractivity contribution in [1.82, 2.24) is 20.4 Å². The molecule has 2 aromatic rings. The van der Waals surface area contributed by atoms with Crippen LogP contribution in [0.15, 0.2) is 35.1 Å². The second kappa shape index (κ2) is 8.54. The second-order valence-corrected chi connectivity index (χ2v) is 7.86. The van der Waals surface area contributed by atoms with Crippen LogP contribution in [-0.4, -0.2) is 33.4 Å². The number of carbonyl (C=O) groups is 2. The second-order valence-electron chi connectivity index (χ2n) is 7.86. The molecule has 0 spiro atoms. The van der Waals surface area contributed by atoms with Crippen molar-refractivity contribution >= 4 is 11.8 Å². The fourth-order valence-electron chi connectivity index (χ4n) is 3.68. The number of amides is 2. The molecule has 2 saturated carbocycles. The average molecular weight is 382 g/mol. The van der Waals surface area contributed by atoms with Gasteiger partial charge in [-0.25, -0.2) is 0 Å². The van der Waals surface area contributed by atoms with Crippen LogP contribution in [0.4, 0.5) is 0 Å². The highest BCUT2D eigenvalue weighted by Crippen LogP contribution is 2.28. The predicted molar refractivity (Wildman–Crippen MR) is 102 cm³/mol. The van der Waals surface area contributed by atoms with Gasteiger partial charge >= 0.3 is 0 Å². The summed E-state index contributed by atoms with van der Waals surface area (Å²) in [5, 5.41) is 6.78. The lowest BCUT2D eigenvalue weighted by atomic mass is 10.1. The predicted octanol–water partition coefficient (Wildman–Crippen LogP) is 2.93. The Morgan fingerprint density at radius 1 is 1.11 bits per heavy atom. The molecule has 2 heterocycles. The van der Waals surface area contributed by atoms with Gasteiger partial charge in [-0.2, -0.15) is 0 Å². The lowest BCUT2D eigenvalue weighted by Crippen LogP contribution is -2.34. The molecule has 7 heteroatoms. The molecular formula is C21H26N4O3. The number of rotatable bonds is 8. The molecular weight excluding hydrogens is 356 g/mol. The number of hydrogen-bond donors (Lipinski definition) is 1. The first-order chi connectivity index (χ1) is 13.7. The maximum Gasteiger partial charge on any atom is 0.273 e. The fourth-order valence-corrected chi connectivity index (χ4v) is 3.68. The Kier molecular flexibility index (Phi) is 5.69. The maximum atomic E-state index is 13.0. The van der Waals surface area contributed by atoms with Crippen LogP contribution < -0.4 is 5.32 Å². The van der Waals surface area contributed by atoms with Crippen molar-refractivity contribution in [2.24, 2.45) is 11.8 Å². The molecule has 0 bridgehead atoms. The Bertz CT molecular complexity index is 810. The SMILES string of the molecule is O=C(NCC1CC1)c1cc(CN(Cc2ccncc2)C(=O)C2CCCC2)on1. The molecule has 2 aromatic heterocycles. The van der Waals surface area contributed by atoms with Crippen molar-refractivity contribution in [2.45, 2.75) is 51.6 Å². The molecule has 2 aliphatic rings. The van der Waals surface area contributed by atoms with Crippen LogP contribution >= 0.6 is 0 Å². The molecule has 28 heavy (non-hydrogen) atoms. The Labute approximate surface area is 164 Å². The van der Waals surface area contributed by atoms with E-state index in [0.717, 1.165) is 31.2 Å². The summed E-state index contributed by atoms with van der Waals surface area (Å²) in [7, 11) is 0. The zero-order chi connectivity index (χ0) is 19.3. The Morgan fingerprint density at radius 3 is 2.57 bits per heavy atom. The van der Waals surface area contributed by atoms with Crippen molar-refractivity contribution in [1.29, 1.82) is 0 Å². The standard InChI is InChI=1S/C21H26N4O3/c26-20(23-12-15-5-6-15)19-11-18(28-24-19)14-25(13-16-7-9-22-10-8-16)21(27)17-3-1-2-4-17/h7-11,15,17H,1-6,12-14H2,(H,23,26). The highest BCUT2D eigenvalue weighted by molar-refractivity contribution is 5.92. The first-order valence-electron chi connectivity index (χ1n) is 10.1. The lowest BCUT2D eigenvalue weighted by Gasteiger charge is -2.24. The fraction of sp³-hybridized carbons (Fsp3) is 0.524. The van der Waals surface area contributed by atoms with E-state index in [1.807, 2.05) is 12.1 Å². The van der Waals surface area contributed by atoms with Crippen molar-refractivity contribution in [3.63, 3.8) is 0 Å². The van der Waals surface area contributed by atoms with Crippen LogP contribution in [-0.2, 0) is 17.9 Å². The number of nitrogens with one attached hydrogen (secondary N) is 1. The number of carbonyl (C=O) groups excluding carboxylic acids is 2. The molecule has 4 rings (SSSR count). The topological polar surface area (TPSA) is 88.3 Å². The maximum absolute atomic E-state index is 13.0. The Hall–Kier alpha value is -2.70. The molecule has 2 amide bonds. The van der Waals surface area contributed by atoms with E-state index in [4.69, 9.17) is 4.52 Å². The van der Waals surface area contributed by atoms with Gasteiger partial charge in [0.25, 0.3) is 5.91 Å². The van der Waals surface area contributed by atoms with Crippen molar-refractivity contribution in [3.05, 3.63) is 47.6 Å². The molecule has 2 aliphatic carbocycles. The summed E-state index contributed by atoms with van der Waals surface area (Å²) in [6, 6.07) is 5.46. The van der Waals surface area contributed by atoms with Crippen molar-refractivity contribution in [2.75, 3.05) is 6.54 Å². The number of nitrogens with zero attached hydrogens (tertiary/aromatic N) is 3. The van der Waals surface area contributed by atoms with E-state index in [1.165, 1.54) is 12.8 Å². The first kappa shape index (κ1) is 18.7. The minimum absolute atomic E-state index is 0.0751. The smallest absolute Gasteiger partial charge is 0.273 e. The monoisotopic (exact) mass is 382 g/mol. The third-order valence-corrected chi connectivity index (χ3v) is 5.53. The van der Waals surface area contributed by atoms with Crippen LogP contribution in [0.5, 0.6) is 0 Å². The number of aromatic nitrogens is 2. The quantitative estimate of drug-likeness (QED) is 0.758. The molecule has 0 radical (unpaired) electrons. The molecule has 148 valence electrons. The molecule has 0 saturated heterocycles. The minimum Gasteiger partial charge on any atom is -0.359 e. The van der Waals surface area contributed by atoms with Crippen molar-refractivity contribution < 1.29 is 14.1 Å². The van der Waals surface area contributed by atoms with Crippen LogP contribution in [0.3, 0.4) is 0 Å². The molecule has 0 aliphatic heterocycles. The lowest BCUT2D eigenvalue weighted by molar-refractivity contribution is -0.137. The largest absolute Gasteiger partial charge is 0.359 e. The minimum atomic E-state index is -0.218. The highest BCUT2D eigenvalue weighted by atomic mass is 16.5. The van der Waals surface area contributed by atoms with Gasteiger partial charge in [-0.1, -0.05) is 18.0 Å². The van der Waals surface area contributed by atoms with E-state index in [0.29, 0.717) is 31.3 Å². The zero-order valence-corrected chi connectivity index (χ0v) is 16.0. The summed E-state index contributed by atoms with van der Waals surface area (Å²) in [4.78, 5) is 31.1. The molecule has 7 nitrogen and oxygen atoms in total. The van der Waals surface area contributed by atoms with E-state index in [-0.39, 0.29) is 23.4 Å². The van der Waals surface area contributed by atoms with E-state index in [9.17, 15) is 9.59 Å². The van der Waals surface area contributed by atoms with E-state index in [1.54, 1.807) is 23.4 Å². The van der Waals surface area contributed by atoms with Gasteiger partial charge in [0.1, 0.15) is 0 Å². The summed E-state index contributed by atoms with van der Waals surface area (Å²) in [6.45, 7) is 1.48. The summed E-state index contributed by atoms with van der Waals surface area (Å²) < 4.78 is 5.37. The molecule has 0 aromatic carbocycles. The average Bonchev–Trinajstić information content (AvgIpc) is 3.18. The number of hydrogen-bond acceptors (Lipinski definition) is 5. The summed E-state index contributed by atoms with van der Waals surface area (Å²) in [5.74, 6) is 1.13. The van der Waals surface area contributed by atoms with Gasteiger partial charge in [0.05, 0.1) is 6.54 Å². The highest BCUT2D eigenvalue weighted by Gasteiger charge is 2.28. The van der Waals surface area contributed by atoms with Crippen molar-refractivity contribution in [3.8, 4) is 0 Å². The van der Waals surface area contributed by atoms with E-state index in [2.05, 4.69) is 15.5 Å². The molecule has 1 N–H and O–H groups in total. The van der Waals surface area contributed by atoms with Crippen LogP contribution in [0.1, 0.15) is 60.3 Å². The molecule has 2 fully saturated rings. The third-order valence-electron chi connectivity index (χ3n) is 5.53. The molecule has 0 atom stereocenters. The zero-order valence-electron chi connectivity index (χ0n) is 16.0. The third kappa shape index (κ3) is 4.77. The van der Waals surface area contributed by atoms with Gasteiger partial charge < -0.3 is 14.7 Å².